The molecule has 104 valence electrons. The first-order valence-electron chi connectivity index (χ1n) is 6.81. The van der Waals surface area contributed by atoms with Gasteiger partial charge >= 0.3 is 0 Å². The smallest absolute Gasteiger partial charge is 0.229 e. The molecule has 2 rings (SSSR count). The Morgan fingerprint density at radius 1 is 1.15 bits per heavy atom. The van der Waals surface area contributed by atoms with Crippen LogP contribution in [0.1, 0.15) is 18.2 Å². The lowest BCUT2D eigenvalue weighted by molar-refractivity contribution is 0.577. The zero-order chi connectivity index (χ0) is 14.5. The topological polar surface area (TPSA) is 34.5 Å². The lowest BCUT2D eigenvalue weighted by Gasteiger charge is -2.14. The van der Waals surface area contributed by atoms with Gasteiger partial charge in [0.1, 0.15) is 11.4 Å². The molecule has 0 spiro atoms. The van der Waals surface area contributed by atoms with Crippen molar-refractivity contribution in [2.75, 3.05) is 0 Å². The zero-order valence-electron chi connectivity index (χ0n) is 12.4. The highest BCUT2D eigenvalue weighted by Crippen LogP contribution is 2.32. The van der Waals surface area contributed by atoms with Crippen LogP contribution in [0.5, 0.6) is 5.75 Å². The molecule has 0 atom stereocenters. The van der Waals surface area contributed by atoms with Crippen molar-refractivity contribution in [2.24, 2.45) is 4.99 Å². The van der Waals surface area contributed by atoms with Crippen molar-refractivity contribution in [1.29, 1.82) is 0 Å². The molecular formula is C16H20N2OSi. The minimum Gasteiger partial charge on any atom is -0.545 e. The van der Waals surface area contributed by atoms with E-state index in [0.29, 0.717) is 0 Å². The van der Waals surface area contributed by atoms with Crippen LogP contribution in [0, 0.1) is 6.92 Å². The van der Waals surface area contributed by atoms with Gasteiger partial charge in [0, 0.05) is 6.20 Å². The summed E-state index contributed by atoms with van der Waals surface area (Å²) >= 11 is 0. The predicted molar refractivity (Wildman–Crippen MR) is 86.8 cm³/mol. The lowest BCUT2D eigenvalue weighted by atomic mass is 10.2. The molecule has 4 heteroatoms. The van der Waals surface area contributed by atoms with Gasteiger partial charge in [-0.2, -0.15) is 0 Å². The van der Waals surface area contributed by atoms with Gasteiger partial charge in [-0.3, -0.25) is 4.98 Å². The first-order valence-corrected chi connectivity index (χ1v) is 9.59. The maximum absolute atomic E-state index is 6.02. The summed E-state index contributed by atoms with van der Waals surface area (Å²) in [5.74, 6) is 0.907. The van der Waals surface area contributed by atoms with Crippen LogP contribution < -0.4 is 4.43 Å². The highest BCUT2D eigenvalue weighted by molar-refractivity contribution is 6.49. The first-order chi connectivity index (χ1) is 9.58. The zero-order valence-corrected chi connectivity index (χ0v) is 13.6. The molecule has 0 saturated carbocycles. The number of pyridine rings is 1. The number of aliphatic imine (C=N–C) groups is 1. The van der Waals surface area contributed by atoms with Crippen LogP contribution >= 0.6 is 0 Å². The second-order valence-electron chi connectivity index (χ2n) is 5.00. The molecule has 0 fully saturated rings. The van der Waals surface area contributed by atoms with Gasteiger partial charge in [-0.15, -0.1) is 0 Å². The van der Waals surface area contributed by atoms with Crippen molar-refractivity contribution in [3.63, 3.8) is 0 Å². The average Bonchev–Trinajstić information content (AvgIpc) is 2.43. The Labute approximate surface area is 122 Å². The van der Waals surface area contributed by atoms with E-state index in [-0.39, 0.29) is 0 Å². The van der Waals surface area contributed by atoms with Crippen LogP contribution in [-0.4, -0.2) is 19.7 Å². The number of hydrogen-bond acceptors (Lipinski definition) is 3. The molecule has 0 N–H and O–H groups in total. The fourth-order valence-electron chi connectivity index (χ4n) is 1.93. The molecule has 0 bridgehead atoms. The van der Waals surface area contributed by atoms with Crippen molar-refractivity contribution in [2.45, 2.75) is 26.9 Å². The quantitative estimate of drug-likeness (QED) is 0.630. The summed E-state index contributed by atoms with van der Waals surface area (Å²) in [5, 5.41) is 0. The molecule has 1 heterocycles. The molecule has 1 aromatic carbocycles. The summed E-state index contributed by atoms with van der Waals surface area (Å²) in [7, 11) is -1.16. The number of aromatic nitrogens is 1. The molecule has 20 heavy (non-hydrogen) atoms. The third kappa shape index (κ3) is 3.54. The van der Waals surface area contributed by atoms with Crippen molar-refractivity contribution >= 4 is 20.4 Å². The molecule has 0 unspecified atom stereocenters. The summed E-state index contributed by atoms with van der Waals surface area (Å²) in [6, 6.07) is 11.9. The van der Waals surface area contributed by atoms with Gasteiger partial charge in [-0.1, -0.05) is 18.2 Å². The molecule has 0 aliphatic rings. The van der Waals surface area contributed by atoms with Crippen LogP contribution in [0.15, 0.2) is 47.6 Å². The van der Waals surface area contributed by atoms with Gasteiger partial charge in [0.15, 0.2) is 0 Å². The van der Waals surface area contributed by atoms with Crippen LogP contribution in [-0.2, 0) is 0 Å². The standard InChI is InChI=1S/C16H20N2OSi/c1-12-8-7-10-15(16(12)19-20(3)4)18-13(2)14-9-5-6-11-17-14/h5-11,20H,1-4H3. The van der Waals surface area contributed by atoms with Crippen molar-refractivity contribution in [3.05, 3.63) is 53.9 Å². The first kappa shape index (κ1) is 14.5. The third-order valence-electron chi connectivity index (χ3n) is 2.87. The number of benzene rings is 1. The molecular weight excluding hydrogens is 264 g/mol. The maximum atomic E-state index is 6.02. The van der Waals surface area contributed by atoms with Gasteiger partial charge in [0.05, 0.1) is 11.4 Å². The largest absolute Gasteiger partial charge is 0.545 e. The summed E-state index contributed by atoms with van der Waals surface area (Å²) in [5.41, 5.74) is 3.80. The third-order valence-corrected chi connectivity index (χ3v) is 3.58. The van der Waals surface area contributed by atoms with E-state index >= 15 is 0 Å². The predicted octanol–water partition coefficient (Wildman–Crippen LogP) is 3.89. The monoisotopic (exact) mass is 284 g/mol. The van der Waals surface area contributed by atoms with E-state index < -0.39 is 9.04 Å². The Hall–Kier alpha value is -1.94. The Bertz CT molecular complexity index is 609. The Morgan fingerprint density at radius 3 is 2.60 bits per heavy atom. The van der Waals surface area contributed by atoms with E-state index in [1.807, 2.05) is 37.3 Å². The molecule has 0 aliphatic carbocycles. The van der Waals surface area contributed by atoms with Crippen LogP contribution in [0.3, 0.4) is 0 Å². The second kappa shape index (κ2) is 6.48. The number of rotatable bonds is 4. The number of aryl methyl sites for hydroxylation is 1. The number of hydrogen-bond donors (Lipinski definition) is 0. The Kier molecular flexibility index (Phi) is 4.68. The van der Waals surface area contributed by atoms with Gasteiger partial charge in [0.25, 0.3) is 0 Å². The highest BCUT2D eigenvalue weighted by atomic mass is 28.3. The summed E-state index contributed by atoms with van der Waals surface area (Å²) in [6.07, 6.45) is 1.78. The molecule has 0 saturated heterocycles. The van der Waals surface area contributed by atoms with E-state index in [1.54, 1.807) is 6.20 Å². The minimum atomic E-state index is -1.16. The van der Waals surface area contributed by atoms with Crippen molar-refractivity contribution in [1.82, 2.24) is 4.98 Å². The van der Waals surface area contributed by atoms with Crippen LogP contribution in [0.25, 0.3) is 0 Å². The summed E-state index contributed by atoms with van der Waals surface area (Å²) < 4.78 is 6.02. The normalized spacial score (nSPS) is 11.8. The fourth-order valence-corrected chi connectivity index (χ4v) is 2.71. The maximum Gasteiger partial charge on any atom is 0.229 e. The van der Waals surface area contributed by atoms with Crippen molar-refractivity contribution in [3.8, 4) is 5.75 Å². The lowest BCUT2D eigenvalue weighted by Crippen LogP contribution is -2.12. The van der Waals surface area contributed by atoms with E-state index in [0.717, 1.165) is 28.4 Å². The molecule has 3 nitrogen and oxygen atoms in total. The molecule has 0 aliphatic heterocycles. The second-order valence-corrected chi connectivity index (χ2v) is 7.34. The van der Waals surface area contributed by atoms with E-state index in [4.69, 9.17) is 9.42 Å². The minimum absolute atomic E-state index is 0.884. The Morgan fingerprint density at radius 2 is 1.95 bits per heavy atom. The molecule has 0 radical (unpaired) electrons. The van der Waals surface area contributed by atoms with Gasteiger partial charge in [-0.25, -0.2) is 4.99 Å². The number of para-hydroxylation sites is 1. The Balaban J connectivity index is 2.40. The van der Waals surface area contributed by atoms with Crippen LogP contribution in [0.2, 0.25) is 13.1 Å². The van der Waals surface area contributed by atoms with E-state index in [2.05, 4.69) is 31.1 Å². The van der Waals surface area contributed by atoms with Gasteiger partial charge in [-0.05, 0) is 50.7 Å². The molecule has 1 aromatic heterocycles. The summed E-state index contributed by atoms with van der Waals surface area (Å²) in [6.45, 7) is 8.35. The van der Waals surface area contributed by atoms with Gasteiger partial charge in [0.2, 0.25) is 9.04 Å². The molecule has 0 amide bonds. The van der Waals surface area contributed by atoms with Crippen molar-refractivity contribution < 1.29 is 4.43 Å². The highest BCUT2D eigenvalue weighted by Gasteiger charge is 2.09. The van der Waals surface area contributed by atoms with E-state index in [1.165, 1.54) is 0 Å². The average molecular weight is 284 g/mol. The van der Waals surface area contributed by atoms with Gasteiger partial charge < -0.3 is 4.43 Å². The SMILES string of the molecule is CC(=Nc1cccc(C)c1O[SiH](C)C)c1ccccn1. The number of nitrogens with zero attached hydrogens (tertiary/aromatic N) is 2. The van der Waals surface area contributed by atoms with E-state index in [9.17, 15) is 0 Å². The molecule has 2 aromatic rings. The fraction of sp³-hybridized carbons (Fsp3) is 0.250. The summed E-state index contributed by atoms with van der Waals surface area (Å²) in [4.78, 5) is 9.02. The van der Waals surface area contributed by atoms with Crippen LogP contribution in [0.4, 0.5) is 5.69 Å².